The molecule has 3 aromatic rings. The molecule has 1 unspecified atom stereocenters. The highest BCUT2D eigenvalue weighted by molar-refractivity contribution is 5.77. The molecule has 31 heavy (non-hydrogen) atoms. The summed E-state index contributed by atoms with van der Waals surface area (Å²) in [6.45, 7) is 0. The quantitative estimate of drug-likeness (QED) is 0.430. The van der Waals surface area contributed by atoms with Gasteiger partial charge >= 0.3 is 5.97 Å². The summed E-state index contributed by atoms with van der Waals surface area (Å²) >= 11 is 0. The van der Waals surface area contributed by atoms with Gasteiger partial charge in [0.1, 0.15) is 6.10 Å². The molecule has 0 heterocycles. The molecule has 158 valence electrons. The molecule has 2 heteroatoms. The van der Waals surface area contributed by atoms with Crippen LogP contribution in [0.25, 0.3) is 0 Å². The molecule has 2 aliphatic carbocycles. The number of esters is 1. The molecular formula is C29H30O2. The van der Waals surface area contributed by atoms with Crippen molar-refractivity contribution >= 4 is 5.97 Å². The van der Waals surface area contributed by atoms with Crippen LogP contribution in [0.15, 0.2) is 91.0 Å². The Morgan fingerprint density at radius 1 is 0.613 bits per heavy atom. The van der Waals surface area contributed by atoms with Gasteiger partial charge in [-0.2, -0.15) is 0 Å². The predicted molar refractivity (Wildman–Crippen MR) is 124 cm³/mol. The van der Waals surface area contributed by atoms with E-state index in [2.05, 4.69) is 78.9 Å². The Morgan fingerprint density at radius 2 is 1.06 bits per heavy atom. The zero-order valence-electron chi connectivity index (χ0n) is 17.9. The van der Waals surface area contributed by atoms with Gasteiger partial charge in [-0.25, -0.2) is 0 Å². The number of hydrogen-bond acceptors (Lipinski definition) is 2. The minimum absolute atomic E-state index is 0.0122. The predicted octanol–water partition coefficient (Wildman–Crippen LogP) is 6.84. The van der Waals surface area contributed by atoms with E-state index in [1.807, 2.05) is 12.1 Å². The van der Waals surface area contributed by atoms with Gasteiger partial charge in [-0.3, -0.25) is 4.79 Å². The molecule has 2 saturated carbocycles. The Hall–Kier alpha value is -2.87. The molecular weight excluding hydrogens is 380 g/mol. The molecule has 0 N–H and O–H groups in total. The number of carbonyl (C=O) groups is 1. The lowest BCUT2D eigenvalue weighted by molar-refractivity contribution is -0.162. The smallest absolute Gasteiger partial charge is 0.310 e. The van der Waals surface area contributed by atoms with E-state index >= 15 is 0 Å². The van der Waals surface area contributed by atoms with Crippen molar-refractivity contribution in [2.45, 2.75) is 56.0 Å². The average Bonchev–Trinajstić information content (AvgIpc) is 2.81. The Labute approximate surface area is 185 Å². The lowest BCUT2D eigenvalue weighted by Gasteiger charge is -2.45. The molecule has 0 aromatic heterocycles. The fraction of sp³-hybridized carbons (Fsp3) is 0.345. The molecule has 4 atom stereocenters. The number of benzene rings is 3. The third-order valence-electron chi connectivity index (χ3n) is 7.30. The first-order valence-corrected chi connectivity index (χ1v) is 11.7. The summed E-state index contributed by atoms with van der Waals surface area (Å²) in [7, 11) is 0. The summed E-state index contributed by atoms with van der Waals surface area (Å²) in [5, 5.41) is 0. The van der Waals surface area contributed by atoms with Gasteiger partial charge in [0.05, 0.1) is 5.92 Å². The van der Waals surface area contributed by atoms with Crippen molar-refractivity contribution in [2.75, 3.05) is 0 Å². The van der Waals surface area contributed by atoms with Gasteiger partial charge in [-0.05, 0) is 54.2 Å². The van der Waals surface area contributed by atoms with E-state index in [1.54, 1.807) is 0 Å². The number of carbonyl (C=O) groups excluding carboxylic acids is 1. The zero-order valence-corrected chi connectivity index (χ0v) is 17.9. The highest BCUT2D eigenvalue weighted by Gasteiger charge is 2.48. The van der Waals surface area contributed by atoms with Crippen LogP contribution in [0.1, 0.15) is 66.5 Å². The fourth-order valence-corrected chi connectivity index (χ4v) is 5.61. The van der Waals surface area contributed by atoms with Crippen LogP contribution in [0.3, 0.4) is 0 Å². The molecule has 2 fully saturated rings. The van der Waals surface area contributed by atoms with Crippen molar-refractivity contribution in [3.63, 3.8) is 0 Å². The fourth-order valence-electron chi connectivity index (χ4n) is 5.61. The van der Waals surface area contributed by atoms with Crippen LogP contribution >= 0.6 is 0 Å². The van der Waals surface area contributed by atoms with E-state index in [9.17, 15) is 4.79 Å². The summed E-state index contributed by atoms with van der Waals surface area (Å²) in [6.07, 6.45) is 5.38. The van der Waals surface area contributed by atoms with Crippen molar-refractivity contribution in [2.24, 2.45) is 5.92 Å². The minimum Gasteiger partial charge on any atom is -0.461 e. The summed E-state index contributed by atoms with van der Waals surface area (Å²) in [5.41, 5.74) is 3.80. The van der Waals surface area contributed by atoms with Crippen LogP contribution < -0.4 is 0 Å². The number of ether oxygens (including phenoxy) is 1. The maximum Gasteiger partial charge on any atom is 0.310 e. The molecule has 2 nitrogen and oxygen atoms in total. The highest BCUT2D eigenvalue weighted by Crippen LogP contribution is 2.53. The van der Waals surface area contributed by atoms with Gasteiger partial charge in [0.15, 0.2) is 0 Å². The largest absolute Gasteiger partial charge is 0.461 e. The molecule has 2 aliphatic rings. The van der Waals surface area contributed by atoms with E-state index in [4.69, 9.17) is 4.74 Å². The molecule has 0 spiro atoms. The van der Waals surface area contributed by atoms with Gasteiger partial charge in [-0.1, -0.05) is 97.4 Å². The first kappa shape index (κ1) is 20.1. The number of rotatable bonds is 5. The van der Waals surface area contributed by atoms with Crippen LogP contribution in [0.5, 0.6) is 0 Å². The summed E-state index contributed by atoms with van der Waals surface area (Å²) in [5.74, 6) is 0.657. The molecule has 0 radical (unpaired) electrons. The zero-order chi connectivity index (χ0) is 21.0. The van der Waals surface area contributed by atoms with Crippen molar-refractivity contribution in [3.8, 4) is 0 Å². The van der Waals surface area contributed by atoms with Gasteiger partial charge in [-0.15, -0.1) is 0 Å². The standard InChI is InChI=1S/C29H30O2/c30-29(31-27-19-11-10-18-24(27)21-12-4-1-5-13-21)28-25(22-14-6-2-7-15-22)20-26(28)23-16-8-3-9-17-23/h1-9,12-17,24-28H,10-11,18-20H2/t24?,25-,26-,27+/m1/s1. The Kier molecular flexibility index (Phi) is 5.88. The molecule has 0 bridgehead atoms. The van der Waals surface area contributed by atoms with Gasteiger partial charge in [0.2, 0.25) is 0 Å². The van der Waals surface area contributed by atoms with Crippen LogP contribution in [-0.4, -0.2) is 12.1 Å². The van der Waals surface area contributed by atoms with E-state index < -0.39 is 0 Å². The van der Waals surface area contributed by atoms with Crippen LogP contribution in [0.2, 0.25) is 0 Å². The van der Waals surface area contributed by atoms with Gasteiger partial charge in [0.25, 0.3) is 0 Å². The molecule has 5 rings (SSSR count). The van der Waals surface area contributed by atoms with Gasteiger partial charge < -0.3 is 4.74 Å². The maximum atomic E-state index is 13.6. The summed E-state index contributed by atoms with van der Waals surface area (Å²) in [6, 6.07) is 31.6. The first-order valence-electron chi connectivity index (χ1n) is 11.7. The van der Waals surface area contributed by atoms with E-state index in [1.165, 1.54) is 23.1 Å². The summed E-state index contributed by atoms with van der Waals surface area (Å²) < 4.78 is 6.33. The Balaban J connectivity index is 1.38. The molecule has 0 aliphatic heterocycles. The molecule has 0 saturated heterocycles. The lowest BCUT2D eigenvalue weighted by atomic mass is 9.60. The highest BCUT2D eigenvalue weighted by atomic mass is 16.5. The second-order valence-electron chi connectivity index (χ2n) is 9.07. The lowest BCUT2D eigenvalue weighted by Crippen LogP contribution is -2.42. The van der Waals surface area contributed by atoms with Crippen molar-refractivity contribution < 1.29 is 9.53 Å². The van der Waals surface area contributed by atoms with Crippen molar-refractivity contribution in [1.82, 2.24) is 0 Å². The van der Waals surface area contributed by atoms with E-state index in [0.717, 1.165) is 25.7 Å². The Bertz CT molecular complexity index is 938. The van der Waals surface area contributed by atoms with Crippen LogP contribution in [0.4, 0.5) is 0 Å². The van der Waals surface area contributed by atoms with E-state index in [0.29, 0.717) is 5.92 Å². The third-order valence-corrected chi connectivity index (χ3v) is 7.30. The maximum absolute atomic E-state index is 13.6. The normalized spacial score (nSPS) is 26.1. The molecule has 0 amide bonds. The number of hydrogen-bond donors (Lipinski definition) is 0. The molecule has 3 aromatic carbocycles. The second-order valence-corrected chi connectivity index (χ2v) is 9.07. The minimum atomic E-state index is -0.108. The Morgan fingerprint density at radius 3 is 1.58 bits per heavy atom. The third kappa shape index (κ3) is 4.17. The van der Waals surface area contributed by atoms with E-state index in [-0.39, 0.29) is 29.8 Å². The topological polar surface area (TPSA) is 26.3 Å². The van der Waals surface area contributed by atoms with Crippen molar-refractivity contribution in [1.29, 1.82) is 0 Å². The second kappa shape index (κ2) is 9.09. The van der Waals surface area contributed by atoms with Crippen molar-refractivity contribution in [3.05, 3.63) is 108 Å². The summed E-state index contributed by atoms with van der Waals surface area (Å²) in [4.78, 5) is 13.6. The SMILES string of the molecule is O=C(O[C@H]1CCCCC1c1ccccc1)C1[C@@H](c2ccccc2)C[C@@H]1c1ccccc1. The average molecular weight is 411 g/mol. The monoisotopic (exact) mass is 410 g/mol. The first-order chi connectivity index (χ1) is 15.3. The van der Waals surface area contributed by atoms with Crippen LogP contribution in [0, 0.1) is 5.92 Å². The van der Waals surface area contributed by atoms with Crippen LogP contribution in [-0.2, 0) is 9.53 Å². The van der Waals surface area contributed by atoms with Gasteiger partial charge in [0, 0.05) is 5.92 Å².